The molecule has 3 saturated heterocycles. The third kappa shape index (κ3) is 1.38. The highest BCUT2D eigenvalue weighted by Gasteiger charge is 2.44. The number of piperazine rings is 1. The zero-order valence-corrected chi connectivity index (χ0v) is 8.91. The Morgan fingerprint density at radius 1 is 1.36 bits per heavy atom. The number of fused-ring (bicyclic) bond motifs is 2. The van der Waals surface area contributed by atoms with E-state index in [0.717, 1.165) is 19.1 Å². The lowest BCUT2D eigenvalue weighted by Gasteiger charge is -2.40. The third-order valence-electron chi connectivity index (χ3n) is 4.05. The van der Waals surface area contributed by atoms with Crippen molar-refractivity contribution in [1.82, 2.24) is 10.2 Å². The van der Waals surface area contributed by atoms with Gasteiger partial charge in [0.25, 0.3) is 0 Å². The first kappa shape index (κ1) is 9.13. The molecule has 4 unspecified atom stereocenters. The first-order valence-corrected chi connectivity index (χ1v) is 5.96. The highest BCUT2D eigenvalue weighted by atomic mass is 16.5. The molecule has 0 spiro atoms. The predicted molar refractivity (Wildman–Crippen MR) is 55.3 cm³/mol. The van der Waals surface area contributed by atoms with Gasteiger partial charge in [0, 0.05) is 31.7 Å². The summed E-state index contributed by atoms with van der Waals surface area (Å²) >= 11 is 0. The summed E-state index contributed by atoms with van der Waals surface area (Å²) in [4.78, 5) is 2.67. The average Bonchev–Trinajstić information content (AvgIpc) is 2.79. The van der Waals surface area contributed by atoms with E-state index in [4.69, 9.17) is 4.74 Å². The van der Waals surface area contributed by atoms with Crippen molar-refractivity contribution in [2.75, 3.05) is 19.6 Å². The van der Waals surface area contributed by atoms with Crippen LogP contribution in [0.1, 0.15) is 26.2 Å². The van der Waals surface area contributed by atoms with Crippen LogP contribution in [-0.4, -0.2) is 48.8 Å². The maximum Gasteiger partial charge on any atom is 0.0736 e. The Labute approximate surface area is 85.8 Å². The van der Waals surface area contributed by atoms with E-state index in [2.05, 4.69) is 17.1 Å². The SMILES string of the molecule is CC1CNCCN1C1CC2CCC1O2. The topological polar surface area (TPSA) is 24.5 Å². The predicted octanol–water partition coefficient (Wildman–Crippen LogP) is 0.600. The quantitative estimate of drug-likeness (QED) is 0.664. The summed E-state index contributed by atoms with van der Waals surface area (Å²) in [6, 6.07) is 1.42. The van der Waals surface area contributed by atoms with Gasteiger partial charge in [-0.05, 0) is 26.2 Å². The smallest absolute Gasteiger partial charge is 0.0736 e. The minimum atomic E-state index is 0.556. The van der Waals surface area contributed by atoms with Crippen LogP contribution in [0.4, 0.5) is 0 Å². The van der Waals surface area contributed by atoms with E-state index in [0.29, 0.717) is 18.2 Å². The monoisotopic (exact) mass is 196 g/mol. The number of ether oxygens (including phenoxy) is 1. The van der Waals surface area contributed by atoms with Crippen molar-refractivity contribution in [3.05, 3.63) is 0 Å². The van der Waals surface area contributed by atoms with Gasteiger partial charge in [-0.2, -0.15) is 0 Å². The number of hydrogen-bond donors (Lipinski definition) is 1. The molecule has 0 aromatic rings. The Hall–Kier alpha value is -0.120. The molecule has 3 nitrogen and oxygen atoms in total. The molecule has 0 aromatic heterocycles. The van der Waals surface area contributed by atoms with Crippen LogP contribution in [0.15, 0.2) is 0 Å². The minimum Gasteiger partial charge on any atom is -0.373 e. The molecule has 0 aromatic carbocycles. The lowest BCUT2D eigenvalue weighted by atomic mass is 9.93. The van der Waals surface area contributed by atoms with Crippen molar-refractivity contribution in [3.63, 3.8) is 0 Å². The Morgan fingerprint density at radius 2 is 2.29 bits per heavy atom. The lowest BCUT2D eigenvalue weighted by Crippen LogP contribution is -2.56. The molecule has 2 bridgehead atoms. The van der Waals surface area contributed by atoms with Crippen molar-refractivity contribution in [2.45, 2.75) is 50.5 Å². The van der Waals surface area contributed by atoms with Crippen LogP contribution in [0.25, 0.3) is 0 Å². The molecule has 3 rings (SSSR count). The van der Waals surface area contributed by atoms with Gasteiger partial charge in [-0.25, -0.2) is 0 Å². The van der Waals surface area contributed by atoms with Crippen LogP contribution in [0, 0.1) is 0 Å². The van der Waals surface area contributed by atoms with Crippen molar-refractivity contribution in [2.24, 2.45) is 0 Å². The summed E-state index contributed by atoms with van der Waals surface area (Å²) < 4.78 is 5.92. The number of rotatable bonds is 1. The molecule has 80 valence electrons. The second-order valence-electron chi connectivity index (χ2n) is 4.97. The van der Waals surface area contributed by atoms with E-state index in [1.165, 1.54) is 25.8 Å². The van der Waals surface area contributed by atoms with Crippen LogP contribution >= 0.6 is 0 Å². The summed E-state index contributed by atoms with van der Waals surface area (Å²) in [5.41, 5.74) is 0. The third-order valence-corrected chi connectivity index (χ3v) is 4.05. The number of nitrogens with one attached hydrogen (secondary N) is 1. The molecular weight excluding hydrogens is 176 g/mol. The highest BCUT2D eigenvalue weighted by molar-refractivity contribution is 4.97. The minimum absolute atomic E-state index is 0.556. The maximum absolute atomic E-state index is 5.92. The molecular formula is C11H20N2O. The summed E-state index contributed by atoms with van der Waals surface area (Å²) in [5, 5.41) is 3.45. The number of hydrogen-bond acceptors (Lipinski definition) is 3. The Morgan fingerprint density at radius 3 is 2.93 bits per heavy atom. The van der Waals surface area contributed by atoms with Crippen molar-refractivity contribution < 1.29 is 4.74 Å². The Balaban J connectivity index is 1.69. The van der Waals surface area contributed by atoms with Gasteiger partial charge >= 0.3 is 0 Å². The first-order valence-electron chi connectivity index (χ1n) is 5.96. The van der Waals surface area contributed by atoms with Gasteiger partial charge in [0.05, 0.1) is 12.2 Å². The van der Waals surface area contributed by atoms with Gasteiger partial charge < -0.3 is 10.1 Å². The molecule has 3 aliphatic rings. The van der Waals surface area contributed by atoms with Gasteiger partial charge in [-0.15, -0.1) is 0 Å². The standard InChI is InChI=1S/C11H20N2O/c1-8-7-12-4-5-13(8)10-6-9-2-3-11(10)14-9/h8-12H,2-7H2,1H3. The lowest BCUT2D eigenvalue weighted by molar-refractivity contribution is 0.0466. The molecule has 0 saturated carbocycles. The van der Waals surface area contributed by atoms with Gasteiger partial charge in [0.15, 0.2) is 0 Å². The van der Waals surface area contributed by atoms with Crippen LogP contribution < -0.4 is 5.32 Å². The molecule has 0 amide bonds. The number of nitrogens with zero attached hydrogens (tertiary/aromatic N) is 1. The highest BCUT2D eigenvalue weighted by Crippen LogP contribution is 2.37. The molecule has 1 N–H and O–H groups in total. The largest absolute Gasteiger partial charge is 0.373 e. The van der Waals surface area contributed by atoms with E-state index >= 15 is 0 Å². The normalized spacial score (nSPS) is 48.6. The molecule has 0 aliphatic carbocycles. The maximum atomic E-state index is 5.92. The second-order valence-corrected chi connectivity index (χ2v) is 4.97. The summed E-state index contributed by atoms with van der Waals surface area (Å²) in [6.07, 6.45) is 5.04. The molecule has 3 heterocycles. The second kappa shape index (κ2) is 3.47. The van der Waals surface area contributed by atoms with E-state index in [1.54, 1.807) is 0 Å². The summed E-state index contributed by atoms with van der Waals surface area (Å²) in [5.74, 6) is 0. The molecule has 3 fully saturated rings. The van der Waals surface area contributed by atoms with Crippen molar-refractivity contribution >= 4 is 0 Å². The van der Waals surface area contributed by atoms with Crippen LogP contribution in [-0.2, 0) is 4.74 Å². The molecule has 4 atom stereocenters. The van der Waals surface area contributed by atoms with Crippen LogP contribution in [0.3, 0.4) is 0 Å². The van der Waals surface area contributed by atoms with Crippen molar-refractivity contribution in [3.8, 4) is 0 Å². The molecule has 0 radical (unpaired) electrons. The zero-order valence-electron chi connectivity index (χ0n) is 8.91. The van der Waals surface area contributed by atoms with E-state index < -0.39 is 0 Å². The van der Waals surface area contributed by atoms with E-state index in [1.807, 2.05) is 0 Å². The van der Waals surface area contributed by atoms with E-state index in [9.17, 15) is 0 Å². The van der Waals surface area contributed by atoms with Gasteiger partial charge in [-0.1, -0.05) is 0 Å². The van der Waals surface area contributed by atoms with Gasteiger partial charge in [0.1, 0.15) is 0 Å². The van der Waals surface area contributed by atoms with Crippen molar-refractivity contribution in [1.29, 1.82) is 0 Å². The van der Waals surface area contributed by atoms with Gasteiger partial charge in [0.2, 0.25) is 0 Å². The Bertz CT molecular complexity index is 221. The van der Waals surface area contributed by atoms with E-state index in [-0.39, 0.29) is 0 Å². The fourth-order valence-electron chi connectivity index (χ4n) is 3.31. The Kier molecular flexibility index (Phi) is 2.26. The molecule has 14 heavy (non-hydrogen) atoms. The zero-order chi connectivity index (χ0) is 9.54. The first-order chi connectivity index (χ1) is 6.84. The fourth-order valence-corrected chi connectivity index (χ4v) is 3.31. The molecule has 3 aliphatic heterocycles. The van der Waals surface area contributed by atoms with Gasteiger partial charge in [-0.3, -0.25) is 4.90 Å². The summed E-state index contributed by atoms with van der Waals surface area (Å²) in [7, 11) is 0. The fraction of sp³-hybridized carbons (Fsp3) is 1.00. The van der Waals surface area contributed by atoms with Crippen LogP contribution in [0.5, 0.6) is 0 Å². The summed E-state index contributed by atoms with van der Waals surface area (Å²) in [6.45, 7) is 5.84. The average molecular weight is 196 g/mol. The van der Waals surface area contributed by atoms with Crippen LogP contribution in [0.2, 0.25) is 0 Å². The molecule has 3 heteroatoms.